The lowest BCUT2D eigenvalue weighted by molar-refractivity contribution is -0.247. The summed E-state index contributed by atoms with van der Waals surface area (Å²) in [5, 5.41) is 31.2. The first-order chi connectivity index (χ1) is 25.5. The van der Waals surface area contributed by atoms with E-state index in [0.29, 0.717) is 31.6 Å². The lowest BCUT2D eigenvalue weighted by atomic mass is 9.36. The first kappa shape index (κ1) is 38.3. The van der Waals surface area contributed by atoms with Crippen molar-refractivity contribution in [1.29, 1.82) is 0 Å². The van der Waals surface area contributed by atoms with Gasteiger partial charge in [0.1, 0.15) is 11.7 Å². The quantitative estimate of drug-likeness (QED) is 0.160. The van der Waals surface area contributed by atoms with Gasteiger partial charge in [-0.3, -0.25) is 4.79 Å². The van der Waals surface area contributed by atoms with Crippen LogP contribution in [0.15, 0.2) is 54.6 Å². The zero-order valence-corrected chi connectivity index (χ0v) is 32.3. The fourth-order valence-electron chi connectivity index (χ4n) is 11.6. The molecule has 10 nitrogen and oxygen atoms in total. The summed E-state index contributed by atoms with van der Waals surface area (Å²) in [7, 11) is 4.00. The van der Waals surface area contributed by atoms with Gasteiger partial charge in [-0.1, -0.05) is 61.9 Å². The van der Waals surface area contributed by atoms with Gasteiger partial charge in [0, 0.05) is 36.6 Å². The lowest BCUT2D eigenvalue weighted by Crippen LogP contribution is -2.80. The van der Waals surface area contributed by atoms with E-state index in [2.05, 4.69) is 42.0 Å². The van der Waals surface area contributed by atoms with Crippen LogP contribution in [-0.2, 0) is 36.3 Å². The highest BCUT2D eigenvalue weighted by molar-refractivity contribution is 5.83. The van der Waals surface area contributed by atoms with E-state index < -0.39 is 16.6 Å². The van der Waals surface area contributed by atoms with Crippen molar-refractivity contribution in [3.63, 3.8) is 0 Å². The number of phenolic OH excluding ortho intramolecular Hbond substituents is 1. The van der Waals surface area contributed by atoms with Crippen molar-refractivity contribution in [1.82, 2.24) is 9.80 Å². The molecule has 10 heteroatoms. The summed E-state index contributed by atoms with van der Waals surface area (Å²) in [5.41, 5.74) is 1.15. The molecule has 0 radical (unpaired) electrons. The van der Waals surface area contributed by atoms with E-state index in [1.807, 2.05) is 44.2 Å². The number of hydrogen-bond acceptors (Lipinski definition) is 10. The van der Waals surface area contributed by atoms with Crippen molar-refractivity contribution in [2.45, 2.75) is 99.9 Å². The average molecular weight is 733 g/mol. The molecule has 0 aromatic heterocycles. The fourth-order valence-corrected chi connectivity index (χ4v) is 11.6. The van der Waals surface area contributed by atoms with Crippen LogP contribution in [0, 0.1) is 11.3 Å². The van der Waals surface area contributed by atoms with Crippen molar-refractivity contribution >= 4 is 5.97 Å². The number of likely N-dealkylation sites (tertiary alicyclic amines) is 2. The predicted molar refractivity (Wildman–Crippen MR) is 202 cm³/mol. The van der Waals surface area contributed by atoms with Crippen LogP contribution in [0.5, 0.6) is 11.5 Å². The number of rotatable bonds is 12. The SMILES string of the molecule is CCC[C@@](C)(O)[C@H]1C[C@@]23C=C[C@]1(OC)[C@@H]1Oc4c(O)ccc5c4[C@@]12CCN(C)[C@@H]3C5.CCOC(=O)C1(c2ccccc2)CCN(CCOCCO)CC1. The maximum absolute atomic E-state index is 12.6. The van der Waals surface area contributed by atoms with E-state index in [1.165, 1.54) is 11.1 Å². The Balaban J connectivity index is 0.000000171. The van der Waals surface area contributed by atoms with Crippen molar-refractivity contribution in [3.8, 4) is 11.5 Å². The number of benzene rings is 2. The zero-order valence-electron chi connectivity index (χ0n) is 32.3. The van der Waals surface area contributed by atoms with Crippen LogP contribution in [0.3, 0.4) is 0 Å². The molecule has 4 bridgehead atoms. The summed E-state index contributed by atoms with van der Waals surface area (Å²) in [5.74, 6) is 0.714. The summed E-state index contributed by atoms with van der Waals surface area (Å²) in [4.78, 5) is 17.4. The van der Waals surface area contributed by atoms with Crippen LogP contribution >= 0.6 is 0 Å². The van der Waals surface area contributed by atoms with Crippen molar-refractivity contribution < 1.29 is 39.1 Å². The van der Waals surface area contributed by atoms with Gasteiger partial charge in [-0.25, -0.2) is 0 Å². The number of piperidine rings is 2. The molecule has 0 amide bonds. The summed E-state index contributed by atoms with van der Waals surface area (Å²) in [6.07, 6.45) is 10.4. The van der Waals surface area contributed by atoms with E-state index in [9.17, 15) is 15.0 Å². The number of carbonyl (C=O) groups is 1. The predicted octanol–water partition coefficient (Wildman–Crippen LogP) is 4.76. The number of esters is 1. The molecule has 2 aromatic rings. The van der Waals surface area contributed by atoms with Gasteiger partial charge in [-0.05, 0) is 96.2 Å². The van der Waals surface area contributed by atoms with Crippen LogP contribution in [0.4, 0.5) is 0 Å². The summed E-state index contributed by atoms with van der Waals surface area (Å²) in [6.45, 7) is 10.9. The number of ether oxygens (including phenoxy) is 4. The third-order valence-corrected chi connectivity index (χ3v) is 14.1. The Hall–Kier alpha value is -2.99. The highest BCUT2D eigenvalue weighted by atomic mass is 16.6. The standard InChI is InChI=1S/C25H33NO4.C18H27NO4/c1-5-8-22(2,28)17-14-23-9-10-25(17,29-4)21-24(23)11-12-26(3)18(23)13-15-6-7-16(27)20(30-21)19(15)24;1-2-23-17(21)18(16-6-4-3-5-7-16)8-10-19(11-9-18)12-14-22-15-13-20/h6-7,9-10,17-18,21,27-28H,5,8,11-14H2,1-4H3;3-7,20H,2,8-15H2,1H3/t17-,18-,21-,22-,23-,24+,25-;/m1./s1. The van der Waals surface area contributed by atoms with E-state index in [4.69, 9.17) is 24.1 Å². The second-order valence-electron chi connectivity index (χ2n) is 16.5. The molecule has 9 rings (SSSR count). The van der Waals surface area contributed by atoms with Gasteiger partial charge in [0.15, 0.2) is 11.5 Å². The van der Waals surface area contributed by atoms with E-state index >= 15 is 0 Å². The molecule has 7 atom stereocenters. The molecule has 0 unspecified atom stereocenters. The molecule has 4 aliphatic carbocycles. The molecular formula is C43H60N2O8. The Bertz CT molecular complexity index is 1660. The summed E-state index contributed by atoms with van der Waals surface area (Å²) >= 11 is 0. The van der Waals surface area contributed by atoms with Gasteiger partial charge >= 0.3 is 5.97 Å². The first-order valence-electron chi connectivity index (χ1n) is 19.8. The summed E-state index contributed by atoms with van der Waals surface area (Å²) in [6, 6.07) is 14.2. The molecule has 2 saturated heterocycles. The number of phenols is 1. The smallest absolute Gasteiger partial charge is 0.316 e. The van der Waals surface area contributed by atoms with Gasteiger partial charge in [0.25, 0.3) is 0 Å². The van der Waals surface area contributed by atoms with E-state index in [-0.39, 0.29) is 41.2 Å². The number of aromatic hydroxyl groups is 1. The maximum atomic E-state index is 12.6. The molecule has 3 heterocycles. The molecule has 53 heavy (non-hydrogen) atoms. The molecule has 2 aromatic carbocycles. The molecule has 290 valence electrons. The number of carbonyl (C=O) groups excluding carboxylic acids is 1. The fraction of sp³-hybridized carbons (Fsp3) is 0.651. The van der Waals surface area contributed by atoms with Gasteiger partial charge in [0.05, 0.1) is 42.9 Å². The number of methoxy groups -OCH3 is 1. The molecular weight excluding hydrogens is 672 g/mol. The van der Waals surface area contributed by atoms with Crippen LogP contribution in [-0.4, -0.2) is 121 Å². The monoisotopic (exact) mass is 732 g/mol. The van der Waals surface area contributed by atoms with E-state index in [0.717, 1.165) is 76.7 Å². The number of aliphatic hydroxyl groups excluding tert-OH is 1. The Kier molecular flexibility index (Phi) is 10.5. The largest absolute Gasteiger partial charge is 0.504 e. The van der Waals surface area contributed by atoms with Crippen LogP contribution in [0.2, 0.25) is 0 Å². The third-order valence-electron chi connectivity index (χ3n) is 14.1. The van der Waals surface area contributed by atoms with Crippen molar-refractivity contribution in [3.05, 3.63) is 71.3 Å². The average Bonchev–Trinajstić information content (AvgIpc) is 3.55. The molecule has 3 fully saturated rings. The molecule has 1 saturated carbocycles. The highest BCUT2D eigenvalue weighted by Gasteiger charge is 2.80. The molecule has 3 aliphatic heterocycles. The lowest BCUT2D eigenvalue weighted by Gasteiger charge is -2.72. The van der Waals surface area contributed by atoms with Gasteiger partial charge < -0.3 is 44.1 Å². The Morgan fingerprint density at radius 1 is 1.04 bits per heavy atom. The number of hydrogen-bond donors (Lipinski definition) is 3. The van der Waals surface area contributed by atoms with Crippen LogP contribution in [0.25, 0.3) is 0 Å². The molecule has 3 N–H and O–H groups in total. The van der Waals surface area contributed by atoms with Crippen molar-refractivity contribution in [2.24, 2.45) is 11.3 Å². The third kappa shape index (κ3) is 5.77. The summed E-state index contributed by atoms with van der Waals surface area (Å²) < 4.78 is 23.8. The molecule has 7 aliphatic rings. The second kappa shape index (κ2) is 14.6. The number of aliphatic hydroxyl groups is 2. The number of nitrogens with zero attached hydrogens (tertiary/aromatic N) is 2. The van der Waals surface area contributed by atoms with Crippen LogP contribution < -0.4 is 4.74 Å². The zero-order chi connectivity index (χ0) is 37.6. The van der Waals surface area contributed by atoms with Crippen molar-refractivity contribution in [2.75, 3.05) is 66.8 Å². The normalized spacial score (nSPS) is 32.9. The topological polar surface area (TPSA) is 121 Å². The van der Waals surface area contributed by atoms with Gasteiger partial charge in [-0.2, -0.15) is 0 Å². The number of likely N-dealkylation sites (N-methyl/N-ethyl adjacent to an activating group) is 1. The maximum Gasteiger partial charge on any atom is 0.316 e. The first-order valence-corrected chi connectivity index (χ1v) is 19.8. The Labute approximate surface area is 315 Å². The minimum Gasteiger partial charge on any atom is -0.504 e. The van der Waals surface area contributed by atoms with Crippen LogP contribution in [0.1, 0.15) is 76.0 Å². The van der Waals surface area contributed by atoms with Gasteiger partial charge in [-0.15, -0.1) is 0 Å². The van der Waals surface area contributed by atoms with Gasteiger partial charge in [0.2, 0.25) is 0 Å². The minimum atomic E-state index is -0.850. The Morgan fingerprint density at radius 2 is 1.79 bits per heavy atom. The second-order valence-corrected chi connectivity index (χ2v) is 16.5. The molecule has 2 spiro atoms. The number of fused-ring (bicyclic) bond motifs is 1. The highest BCUT2D eigenvalue weighted by Crippen LogP contribution is 2.75. The minimum absolute atomic E-state index is 0.0555. The Morgan fingerprint density at radius 3 is 2.47 bits per heavy atom. The van der Waals surface area contributed by atoms with E-state index in [1.54, 1.807) is 13.2 Å².